The Morgan fingerprint density at radius 3 is 2.09 bits per heavy atom. The minimum Gasteiger partial charge on any atom is -0.434 e. The van der Waals surface area contributed by atoms with E-state index < -0.39 is 52.6 Å². The van der Waals surface area contributed by atoms with Crippen LogP contribution in [0.5, 0.6) is 0 Å². The Morgan fingerprint density at radius 1 is 1.12 bits per heavy atom. The van der Waals surface area contributed by atoms with Gasteiger partial charge in [0.05, 0.1) is 29.1 Å². The number of hydroxylamine groups is 2. The summed E-state index contributed by atoms with van der Waals surface area (Å²) in [5.41, 5.74) is -1.99. The first kappa shape index (κ1) is 26.4. The normalized spacial score (nSPS) is 18.8. The highest BCUT2D eigenvalue weighted by Gasteiger charge is 2.51. The van der Waals surface area contributed by atoms with E-state index in [1.165, 1.54) is 7.11 Å². The van der Waals surface area contributed by atoms with Gasteiger partial charge in [-0.3, -0.25) is 4.79 Å². The molecule has 1 amide bonds. The zero-order valence-electron chi connectivity index (χ0n) is 19.0. The Morgan fingerprint density at radius 2 is 1.65 bits per heavy atom. The Hall–Kier alpha value is -2.19. The summed E-state index contributed by atoms with van der Waals surface area (Å²) in [5.74, 6) is -0.994. The van der Waals surface area contributed by atoms with Crippen LogP contribution in [0.2, 0.25) is 5.02 Å². The van der Waals surface area contributed by atoms with Crippen LogP contribution in [0.1, 0.15) is 25.3 Å². The Kier molecular flexibility index (Phi) is 7.35. The maximum Gasteiger partial charge on any atom is 0.513 e. The number of carbonyl (C=O) groups is 2. The molecule has 1 spiro atoms. The first-order valence-electron chi connectivity index (χ1n) is 10.2. The molecule has 3 rings (SSSR count). The van der Waals surface area contributed by atoms with Crippen LogP contribution in [0.4, 0.5) is 4.79 Å². The zero-order chi connectivity index (χ0) is 25.5. The van der Waals surface area contributed by atoms with E-state index in [2.05, 4.69) is 5.32 Å². The van der Waals surface area contributed by atoms with Crippen molar-refractivity contribution in [2.75, 3.05) is 39.3 Å². The van der Waals surface area contributed by atoms with Crippen LogP contribution in [-0.2, 0) is 38.8 Å². The van der Waals surface area contributed by atoms with Crippen LogP contribution in [0, 0.1) is 0 Å². The quantitative estimate of drug-likeness (QED) is 0.531. The number of piperidine rings is 1. The number of nitrogens with zero attached hydrogens (tertiary/aromatic N) is 1. The molecule has 34 heavy (non-hydrogen) atoms. The van der Waals surface area contributed by atoms with Crippen molar-refractivity contribution in [3.05, 3.63) is 28.5 Å². The molecule has 188 valence electrons. The number of benzene rings is 1. The van der Waals surface area contributed by atoms with Crippen LogP contribution >= 0.6 is 11.6 Å². The Balaban J connectivity index is 2.39. The van der Waals surface area contributed by atoms with Crippen molar-refractivity contribution < 1.29 is 40.7 Å². The van der Waals surface area contributed by atoms with Gasteiger partial charge in [-0.15, -0.1) is 0 Å². The van der Waals surface area contributed by atoms with Crippen LogP contribution in [0.3, 0.4) is 0 Å². The molecule has 1 N–H and O–H groups in total. The lowest BCUT2D eigenvalue weighted by Crippen LogP contribution is -2.53. The second-order valence-electron chi connectivity index (χ2n) is 7.96. The van der Waals surface area contributed by atoms with Crippen LogP contribution in [-0.4, -0.2) is 78.8 Å². The number of halogens is 1. The third kappa shape index (κ3) is 5.08. The van der Waals surface area contributed by atoms with Crippen LogP contribution in [0.25, 0.3) is 5.57 Å². The molecule has 1 aromatic rings. The number of hydrogen-bond acceptors (Lipinski definition) is 10. The first-order valence-corrected chi connectivity index (χ1v) is 14.3. The average Bonchev–Trinajstić information content (AvgIpc) is 2.97. The summed E-state index contributed by atoms with van der Waals surface area (Å²) in [6.45, 7) is 2.23. The van der Waals surface area contributed by atoms with Gasteiger partial charge in [0, 0.05) is 36.2 Å². The van der Waals surface area contributed by atoms with Crippen molar-refractivity contribution in [2.24, 2.45) is 0 Å². The highest BCUT2D eigenvalue weighted by Crippen LogP contribution is 2.44. The molecular weight excluding hydrogens is 512 g/mol. The maximum atomic E-state index is 13.3. The summed E-state index contributed by atoms with van der Waals surface area (Å²) in [6.07, 6.45) is 1.08. The minimum atomic E-state index is -4.08. The van der Waals surface area contributed by atoms with Crippen molar-refractivity contribution in [3.8, 4) is 0 Å². The van der Waals surface area contributed by atoms with Crippen molar-refractivity contribution in [1.82, 2.24) is 10.4 Å². The molecule has 2 aliphatic rings. The minimum absolute atomic E-state index is 0.0165. The van der Waals surface area contributed by atoms with E-state index in [0.717, 1.165) is 24.6 Å². The predicted octanol–water partition coefficient (Wildman–Crippen LogP) is 1.56. The van der Waals surface area contributed by atoms with Gasteiger partial charge < -0.3 is 19.6 Å². The highest BCUT2D eigenvalue weighted by molar-refractivity contribution is 7.91. The van der Waals surface area contributed by atoms with E-state index in [-0.39, 0.29) is 35.8 Å². The summed E-state index contributed by atoms with van der Waals surface area (Å²) in [6, 6.07) is 2.11. The molecule has 14 heteroatoms. The smallest absolute Gasteiger partial charge is 0.434 e. The lowest BCUT2D eigenvalue weighted by atomic mass is 9.86. The SMILES string of the molecule is CCOC(=O)OC1=C(c2c(S(C)(=O)=O)cc(Cl)cc2S(C)(=O)=O)C(=O)NC12CCN(OC)CC2. The fourth-order valence-electron chi connectivity index (χ4n) is 4.08. The van der Waals surface area contributed by atoms with E-state index in [1.54, 1.807) is 12.0 Å². The third-order valence-electron chi connectivity index (χ3n) is 5.60. The molecule has 0 aromatic heterocycles. The number of amides is 1. The highest BCUT2D eigenvalue weighted by atomic mass is 35.5. The summed E-state index contributed by atoms with van der Waals surface area (Å²) < 4.78 is 61.0. The van der Waals surface area contributed by atoms with Crippen molar-refractivity contribution >= 4 is 48.9 Å². The predicted molar refractivity (Wildman–Crippen MR) is 121 cm³/mol. The van der Waals surface area contributed by atoms with Gasteiger partial charge in [-0.25, -0.2) is 21.6 Å². The maximum absolute atomic E-state index is 13.3. The van der Waals surface area contributed by atoms with Gasteiger partial charge in [-0.2, -0.15) is 5.06 Å². The van der Waals surface area contributed by atoms with E-state index in [9.17, 15) is 26.4 Å². The molecule has 2 heterocycles. The molecule has 0 bridgehead atoms. The van der Waals surface area contributed by atoms with Gasteiger partial charge in [0.2, 0.25) is 0 Å². The number of carbonyl (C=O) groups excluding carboxylic acids is 2. The number of sulfone groups is 2. The number of rotatable bonds is 6. The lowest BCUT2D eigenvalue weighted by molar-refractivity contribution is -0.152. The second-order valence-corrected chi connectivity index (χ2v) is 12.4. The van der Waals surface area contributed by atoms with E-state index in [4.69, 9.17) is 25.9 Å². The van der Waals surface area contributed by atoms with Crippen molar-refractivity contribution in [1.29, 1.82) is 0 Å². The molecular formula is C20H25ClN2O9S2. The molecule has 0 radical (unpaired) electrons. The molecule has 11 nitrogen and oxygen atoms in total. The molecule has 1 aromatic carbocycles. The van der Waals surface area contributed by atoms with E-state index in [0.29, 0.717) is 13.1 Å². The summed E-state index contributed by atoms with van der Waals surface area (Å²) in [5, 5.41) is 4.27. The molecule has 0 atom stereocenters. The van der Waals surface area contributed by atoms with Gasteiger partial charge >= 0.3 is 6.16 Å². The summed E-state index contributed by atoms with van der Waals surface area (Å²) in [7, 11) is -6.67. The average molecular weight is 537 g/mol. The Bertz CT molecular complexity index is 1210. The van der Waals surface area contributed by atoms with Gasteiger partial charge in [0.1, 0.15) is 5.54 Å². The molecule has 1 saturated heterocycles. The summed E-state index contributed by atoms with van der Waals surface area (Å²) >= 11 is 6.04. The Labute approximate surface area is 202 Å². The number of hydrogen-bond donors (Lipinski definition) is 1. The number of nitrogens with one attached hydrogen (secondary N) is 1. The van der Waals surface area contributed by atoms with E-state index >= 15 is 0 Å². The third-order valence-corrected chi connectivity index (χ3v) is 8.06. The van der Waals surface area contributed by atoms with Crippen molar-refractivity contribution in [3.63, 3.8) is 0 Å². The zero-order valence-corrected chi connectivity index (χ0v) is 21.4. The summed E-state index contributed by atoms with van der Waals surface area (Å²) in [4.78, 5) is 29.9. The molecule has 2 aliphatic heterocycles. The van der Waals surface area contributed by atoms with Gasteiger partial charge in [-0.05, 0) is 31.9 Å². The molecule has 0 unspecified atom stereocenters. The number of ether oxygens (including phenoxy) is 2. The van der Waals surface area contributed by atoms with Gasteiger partial charge in [0.15, 0.2) is 25.4 Å². The van der Waals surface area contributed by atoms with E-state index in [1.807, 2.05) is 0 Å². The topological polar surface area (TPSA) is 145 Å². The fraction of sp³-hybridized carbons (Fsp3) is 0.500. The second kappa shape index (κ2) is 9.46. The van der Waals surface area contributed by atoms with Gasteiger partial charge in [-0.1, -0.05) is 11.6 Å². The largest absolute Gasteiger partial charge is 0.513 e. The van der Waals surface area contributed by atoms with Crippen LogP contribution in [0.15, 0.2) is 27.7 Å². The van der Waals surface area contributed by atoms with Crippen molar-refractivity contribution in [2.45, 2.75) is 35.1 Å². The first-order chi connectivity index (χ1) is 15.7. The fourth-order valence-corrected chi connectivity index (χ4v) is 6.34. The molecule has 0 saturated carbocycles. The lowest BCUT2D eigenvalue weighted by Gasteiger charge is -2.38. The van der Waals surface area contributed by atoms with Gasteiger partial charge in [0.25, 0.3) is 5.91 Å². The molecule has 0 aliphatic carbocycles. The monoisotopic (exact) mass is 536 g/mol. The molecule has 1 fully saturated rings. The van der Waals surface area contributed by atoms with Crippen LogP contribution < -0.4 is 5.32 Å². The standard InChI is InChI=1S/C20H25ClN2O9S2/c1-5-31-19(25)32-17-16(18(24)22-20(17)6-8-23(30-2)9-7-20)15-13(33(3,26)27)10-12(21)11-14(15)34(4,28)29/h10-11H,5-9H2,1-4H3,(H,22,24).